The van der Waals surface area contributed by atoms with Crippen LogP contribution < -0.4 is 10.6 Å². The van der Waals surface area contributed by atoms with Crippen molar-refractivity contribution >= 4 is 35.3 Å². The molecule has 0 rings (SSSR count). The first kappa shape index (κ1) is 16.6. The van der Waals surface area contributed by atoms with E-state index in [9.17, 15) is 9.59 Å². The van der Waals surface area contributed by atoms with Crippen LogP contribution in [0.25, 0.3) is 0 Å². The maximum absolute atomic E-state index is 12.1. The summed E-state index contributed by atoms with van der Waals surface area (Å²) in [6.07, 6.45) is 0. The van der Waals surface area contributed by atoms with E-state index < -0.39 is 4.08 Å². The lowest BCUT2D eigenvalue weighted by Crippen LogP contribution is -2.52. The standard InChI is InChI=1S/C11H22N2O2S2/c1-7(2)16-11(9(14)12-5,10(15)13-6)17-8(3)4/h7-8H,1-6H3,(H,12,14)(H,13,15). The van der Waals surface area contributed by atoms with Crippen molar-refractivity contribution in [2.45, 2.75) is 42.3 Å². The molecule has 0 atom stereocenters. The van der Waals surface area contributed by atoms with Gasteiger partial charge in [0.05, 0.1) is 0 Å². The molecular formula is C11H22N2O2S2. The number of carbonyl (C=O) groups is 2. The van der Waals surface area contributed by atoms with E-state index in [2.05, 4.69) is 10.6 Å². The Kier molecular flexibility index (Phi) is 7.01. The first-order valence-corrected chi connectivity index (χ1v) is 7.36. The van der Waals surface area contributed by atoms with Crippen molar-refractivity contribution in [3.05, 3.63) is 0 Å². The van der Waals surface area contributed by atoms with Crippen molar-refractivity contribution in [2.24, 2.45) is 0 Å². The van der Waals surface area contributed by atoms with Crippen LogP contribution in [0, 0.1) is 0 Å². The van der Waals surface area contributed by atoms with E-state index in [0.717, 1.165) is 0 Å². The van der Waals surface area contributed by atoms with Gasteiger partial charge >= 0.3 is 0 Å². The van der Waals surface area contributed by atoms with Crippen LogP contribution >= 0.6 is 23.5 Å². The Morgan fingerprint density at radius 2 is 1.18 bits per heavy atom. The molecule has 0 aliphatic heterocycles. The zero-order valence-corrected chi connectivity index (χ0v) is 12.9. The third kappa shape index (κ3) is 4.43. The van der Waals surface area contributed by atoms with Gasteiger partial charge < -0.3 is 10.6 Å². The number of hydrogen-bond acceptors (Lipinski definition) is 4. The highest BCUT2D eigenvalue weighted by Crippen LogP contribution is 2.42. The molecule has 0 bridgehead atoms. The summed E-state index contributed by atoms with van der Waals surface area (Å²) in [6.45, 7) is 7.91. The molecule has 2 N–H and O–H groups in total. The molecule has 0 aromatic heterocycles. The number of rotatable bonds is 6. The second kappa shape index (κ2) is 7.16. The number of nitrogens with one attached hydrogen (secondary N) is 2. The maximum atomic E-state index is 12.1. The molecule has 0 fully saturated rings. The lowest BCUT2D eigenvalue weighted by molar-refractivity contribution is -0.129. The molecule has 0 aliphatic carbocycles. The van der Waals surface area contributed by atoms with Crippen LogP contribution in [0.4, 0.5) is 0 Å². The molecule has 2 amide bonds. The van der Waals surface area contributed by atoms with Crippen LogP contribution in [-0.2, 0) is 9.59 Å². The number of carbonyl (C=O) groups excluding carboxylic acids is 2. The second-order valence-electron chi connectivity index (χ2n) is 4.11. The van der Waals surface area contributed by atoms with Gasteiger partial charge in [0.1, 0.15) is 0 Å². The Hall–Kier alpha value is -0.360. The molecule has 0 aromatic carbocycles. The molecule has 100 valence electrons. The first-order valence-electron chi connectivity index (χ1n) is 5.60. The third-order valence-electron chi connectivity index (χ3n) is 1.86. The minimum Gasteiger partial charge on any atom is -0.357 e. The third-order valence-corrected chi connectivity index (χ3v) is 4.78. The monoisotopic (exact) mass is 278 g/mol. The largest absolute Gasteiger partial charge is 0.357 e. The average Bonchev–Trinajstić information content (AvgIpc) is 2.24. The lowest BCUT2D eigenvalue weighted by atomic mass is 10.3. The van der Waals surface area contributed by atoms with Gasteiger partial charge in [0, 0.05) is 24.6 Å². The van der Waals surface area contributed by atoms with Gasteiger partial charge in [0.2, 0.25) is 4.08 Å². The van der Waals surface area contributed by atoms with Gasteiger partial charge in [0.15, 0.2) is 0 Å². The highest BCUT2D eigenvalue weighted by atomic mass is 32.2. The minimum absolute atomic E-state index is 0.191. The summed E-state index contributed by atoms with van der Waals surface area (Å²) < 4.78 is -1.11. The van der Waals surface area contributed by atoms with Crippen LogP contribution in [-0.4, -0.2) is 40.5 Å². The summed E-state index contributed by atoms with van der Waals surface area (Å²) in [6, 6.07) is 0. The van der Waals surface area contributed by atoms with Crippen molar-refractivity contribution < 1.29 is 9.59 Å². The van der Waals surface area contributed by atoms with Gasteiger partial charge in [-0.15, -0.1) is 23.5 Å². The van der Waals surface area contributed by atoms with Gasteiger partial charge in [0.25, 0.3) is 11.8 Å². The summed E-state index contributed by atoms with van der Waals surface area (Å²) in [4.78, 5) is 24.2. The summed E-state index contributed by atoms with van der Waals surface area (Å²) >= 11 is 2.76. The van der Waals surface area contributed by atoms with Crippen molar-refractivity contribution in [1.82, 2.24) is 10.6 Å². The SMILES string of the molecule is CNC(=O)C(SC(C)C)(SC(C)C)C(=O)NC. The summed E-state index contributed by atoms with van der Waals surface area (Å²) in [5.74, 6) is -0.511. The normalized spacial score (nSPS) is 11.8. The number of thioether (sulfide) groups is 2. The highest BCUT2D eigenvalue weighted by Gasteiger charge is 2.47. The molecule has 0 saturated heterocycles. The summed E-state index contributed by atoms with van der Waals surface area (Å²) in [5.41, 5.74) is 0. The zero-order chi connectivity index (χ0) is 13.6. The topological polar surface area (TPSA) is 58.2 Å². The maximum Gasteiger partial charge on any atom is 0.256 e. The predicted molar refractivity (Wildman–Crippen MR) is 76.3 cm³/mol. The molecule has 0 radical (unpaired) electrons. The Morgan fingerprint density at radius 3 is 1.35 bits per heavy atom. The Morgan fingerprint density at radius 1 is 0.882 bits per heavy atom. The Balaban J connectivity index is 5.35. The second-order valence-corrected chi connectivity index (χ2v) is 7.95. The Bertz CT molecular complexity index is 253. The van der Waals surface area contributed by atoms with E-state index in [1.54, 1.807) is 14.1 Å². The smallest absolute Gasteiger partial charge is 0.256 e. The van der Waals surface area contributed by atoms with Gasteiger partial charge in [-0.2, -0.15) is 0 Å². The molecule has 0 saturated carbocycles. The minimum atomic E-state index is -1.11. The van der Waals surface area contributed by atoms with Crippen LogP contribution in [0.3, 0.4) is 0 Å². The van der Waals surface area contributed by atoms with E-state index >= 15 is 0 Å². The molecule has 17 heavy (non-hydrogen) atoms. The molecule has 0 heterocycles. The van der Waals surface area contributed by atoms with Crippen LogP contribution in [0.5, 0.6) is 0 Å². The first-order chi connectivity index (χ1) is 7.80. The van der Waals surface area contributed by atoms with Crippen molar-refractivity contribution in [2.75, 3.05) is 14.1 Å². The van der Waals surface area contributed by atoms with E-state index in [1.807, 2.05) is 27.7 Å². The van der Waals surface area contributed by atoms with Crippen molar-refractivity contribution in [3.8, 4) is 0 Å². The number of amides is 2. The van der Waals surface area contributed by atoms with Crippen LogP contribution in [0.1, 0.15) is 27.7 Å². The molecule has 0 aromatic rings. The van der Waals surface area contributed by atoms with Gasteiger partial charge in [-0.1, -0.05) is 27.7 Å². The molecule has 0 unspecified atom stereocenters. The van der Waals surface area contributed by atoms with Crippen LogP contribution in [0.2, 0.25) is 0 Å². The summed E-state index contributed by atoms with van der Waals surface area (Å²) in [5, 5.41) is 5.56. The lowest BCUT2D eigenvalue weighted by Gasteiger charge is -2.31. The van der Waals surface area contributed by atoms with E-state index in [4.69, 9.17) is 0 Å². The van der Waals surface area contributed by atoms with Crippen molar-refractivity contribution in [1.29, 1.82) is 0 Å². The average molecular weight is 278 g/mol. The van der Waals surface area contributed by atoms with E-state index in [1.165, 1.54) is 23.5 Å². The molecular weight excluding hydrogens is 256 g/mol. The van der Waals surface area contributed by atoms with Gasteiger partial charge in [-0.25, -0.2) is 0 Å². The van der Waals surface area contributed by atoms with E-state index in [0.29, 0.717) is 0 Å². The Labute approximate surface area is 112 Å². The number of hydrogen-bond donors (Lipinski definition) is 2. The summed E-state index contributed by atoms with van der Waals surface area (Å²) in [7, 11) is 3.11. The highest BCUT2D eigenvalue weighted by molar-refractivity contribution is 8.21. The molecule has 0 aliphatic rings. The fraction of sp³-hybridized carbons (Fsp3) is 0.818. The molecule has 0 spiro atoms. The fourth-order valence-corrected chi connectivity index (χ4v) is 4.88. The fourth-order valence-electron chi connectivity index (χ4n) is 1.34. The van der Waals surface area contributed by atoms with Gasteiger partial charge in [-0.05, 0) is 0 Å². The van der Waals surface area contributed by atoms with E-state index in [-0.39, 0.29) is 22.3 Å². The van der Waals surface area contributed by atoms with Crippen LogP contribution in [0.15, 0.2) is 0 Å². The quantitative estimate of drug-likeness (QED) is 0.570. The molecule has 6 heteroatoms. The van der Waals surface area contributed by atoms with Gasteiger partial charge in [-0.3, -0.25) is 9.59 Å². The van der Waals surface area contributed by atoms with Crippen molar-refractivity contribution in [3.63, 3.8) is 0 Å². The molecule has 4 nitrogen and oxygen atoms in total. The predicted octanol–water partition coefficient (Wildman–Crippen LogP) is 1.46. The zero-order valence-electron chi connectivity index (χ0n) is 11.3.